The van der Waals surface area contributed by atoms with Gasteiger partial charge in [-0.1, -0.05) is 25.5 Å². The zero-order valence-electron chi connectivity index (χ0n) is 9.85. The Morgan fingerprint density at radius 3 is 2.50 bits per heavy atom. The Hall–Kier alpha value is -1.64. The van der Waals surface area contributed by atoms with Crippen LogP contribution in [0.4, 0.5) is 0 Å². The maximum Gasteiger partial charge on any atom is 0.147 e. The molecular formula is C13H17N3. The third-order valence-electron chi connectivity index (χ3n) is 2.63. The van der Waals surface area contributed by atoms with Gasteiger partial charge in [0, 0.05) is 0 Å². The predicted octanol–water partition coefficient (Wildman–Crippen LogP) is 2.92. The van der Waals surface area contributed by atoms with Gasteiger partial charge in [-0.15, -0.1) is 0 Å². The highest BCUT2D eigenvalue weighted by molar-refractivity contribution is 5.33. The van der Waals surface area contributed by atoms with Crippen LogP contribution in [0.25, 0.3) is 5.69 Å². The molecule has 0 N–H and O–H groups in total. The summed E-state index contributed by atoms with van der Waals surface area (Å²) in [6, 6.07) is 8.53. The second-order valence-corrected chi connectivity index (χ2v) is 4.01. The molecule has 0 amide bonds. The monoisotopic (exact) mass is 215 g/mol. The van der Waals surface area contributed by atoms with E-state index in [9.17, 15) is 0 Å². The first kappa shape index (κ1) is 10.9. The van der Waals surface area contributed by atoms with Gasteiger partial charge < -0.3 is 0 Å². The fraction of sp³-hybridized carbons (Fsp3) is 0.385. The van der Waals surface area contributed by atoms with Crippen LogP contribution in [0.2, 0.25) is 0 Å². The molecule has 0 unspecified atom stereocenters. The first-order valence-corrected chi connectivity index (χ1v) is 5.77. The first-order valence-electron chi connectivity index (χ1n) is 5.77. The first-order chi connectivity index (χ1) is 7.79. The maximum absolute atomic E-state index is 4.28. The molecule has 0 saturated heterocycles. The molecule has 1 aromatic carbocycles. The van der Waals surface area contributed by atoms with Crippen LogP contribution in [-0.2, 0) is 6.42 Å². The van der Waals surface area contributed by atoms with E-state index >= 15 is 0 Å². The highest BCUT2D eigenvalue weighted by Gasteiger charge is 1.99. The second kappa shape index (κ2) is 4.92. The molecule has 0 aliphatic rings. The van der Waals surface area contributed by atoms with Crippen molar-refractivity contribution in [3.63, 3.8) is 0 Å². The summed E-state index contributed by atoms with van der Waals surface area (Å²) in [5, 5.41) is 4.28. The number of rotatable bonds is 4. The van der Waals surface area contributed by atoms with E-state index in [4.69, 9.17) is 0 Å². The van der Waals surface area contributed by atoms with Crippen molar-refractivity contribution in [2.75, 3.05) is 0 Å². The number of aromatic nitrogens is 3. The Labute approximate surface area is 96.1 Å². The van der Waals surface area contributed by atoms with Crippen molar-refractivity contribution in [1.29, 1.82) is 0 Å². The van der Waals surface area contributed by atoms with Crippen LogP contribution < -0.4 is 0 Å². The van der Waals surface area contributed by atoms with Crippen molar-refractivity contribution >= 4 is 0 Å². The van der Waals surface area contributed by atoms with Crippen molar-refractivity contribution < 1.29 is 0 Å². The van der Waals surface area contributed by atoms with Crippen molar-refractivity contribution in [3.8, 4) is 5.69 Å². The highest BCUT2D eigenvalue weighted by Crippen LogP contribution is 2.10. The number of hydrogen-bond donors (Lipinski definition) is 0. The van der Waals surface area contributed by atoms with Gasteiger partial charge in [0.2, 0.25) is 0 Å². The fourth-order valence-corrected chi connectivity index (χ4v) is 1.67. The molecule has 0 atom stereocenters. The molecule has 0 radical (unpaired) electrons. The van der Waals surface area contributed by atoms with E-state index in [-0.39, 0.29) is 0 Å². The molecule has 0 saturated carbocycles. The predicted molar refractivity (Wildman–Crippen MR) is 64.7 cm³/mol. The summed E-state index contributed by atoms with van der Waals surface area (Å²) >= 11 is 0. The Morgan fingerprint density at radius 2 is 1.94 bits per heavy atom. The van der Waals surface area contributed by atoms with Crippen molar-refractivity contribution in [2.45, 2.75) is 33.1 Å². The lowest BCUT2D eigenvalue weighted by Gasteiger charge is -2.03. The number of hydrogen-bond acceptors (Lipinski definition) is 2. The van der Waals surface area contributed by atoms with E-state index in [0.29, 0.717) is 0 Å². The minimum absolute atomic E-state index is 0.801. The standard InChI is InChI=1S/C13H17N3/c1-3-4-5-12-6-8-13(9-7-12)16-10-14-11(2)15-16/h6-10H,3-5H2,1-2H3. The minimum atomic E-state index is 0.801. The third kappa shape index (κ3) is 2.48. The van der Waals surface area contributed by atoms with E-state index in [1.54, 1.807) is 11.0 Å². The summed E-state index contributed by atoms with van der Waals surface area (Å²) in [5.41, 5.74) is 2.46. The van der Waals surface area contributed by atoms with Gasteiger partial charge in [-0.05, 0) is 37.5 Å². The molecule has 84 valence electrons. The van der Waals surface area contributed by atoms with Gasteiger partial charge in [0.15, 0.2) is 0 Å². The molecule has 2 rings (SSSR count). The van der Waals surface area contributed by atoms with Crippen molar-refractivity contribution in [2.24, 2.45) is 0 Å². The van der Waals surface area contributed by atoms with Gasteiger partial charge in [-0.3, -0.25) is 0 Å². The molecule has 0 spiro atoms. The molecule has 0 bridgehead atoms. The van der Waals surface area contributed by atoms with Crippen molar-refractivity contribution in [3.05, 3.63) is 42.0 Å². The average Bonchev–Trinajstić information content (AvgIpc) is 2.74. The number of unbranched alkanes of at least 4 members (excludes halogenated alkanes) is 1. The Bertz CT molecular complexity index is 442. The smallest absolute Gasteiger partial charge is 0.147 e. The van der Waals surface area contributed by atoms with Gasteiger partial charge in [-0.2, -0.15) is 5.10 Å². The summed E-state index contributed by atoms with van der Waals surface area (Å²) in [7, 11) is 0. The molecule has 16 heavy (non-hydrogen) atoms. The maximum atomic E-state index is 4.28. The van der Waals surface area contributed by atoms with E-state index in [0.717, 1.165) is 17.9 Å². The number of aryl methyl sites for hydroxylation is 2. The van der Waals surface area contributed by atoms with Gasteiger partial charge in [0.25, 0.3) is 0 Å². The second-order valence-electron chi connectivity index (χ2n) is 4.01. The lowest BCUT2D eigenvalue weighted by Crippen LogP contribution is -1.95. The molecule has 0 aliphatic heterocycles. The van der Waals surface area contributed by atoms with Crippen LogP contribution in [-0.4, -0.2) is 14.8 Å². The summed E-state index contributed by atoms with van der Waals surface area (Å²) in [5.74, 6) is 0.801. The van der Waals surface area contributed by atoms with Crippen LogP contribution in [0.1, 0.15) is 31.2 Å². The molecule has 0 aliphatic carbocycles. The van der Waals surface area contributed by atoms with Crippen LogP contribution in [0.15, 0.2) is 30.6 Å². The number of nitrogens with zero attached hydrogens (tertiary/aromatic N) is 3. The Morgan fingerprint density at radius 1 is 1.19 bits per heavy atom. The van der Waals surface area contributed by atoms with Crippen LogP contribution in [0, 0.1) is 6.92 Å². The summed E-state index contributed by atoms with van der Waals surface area (Å²) in [6.45, 7) is 4.11. The number of benzene rings is 1. The topological polar surface area (TPSA) is 30.7 Å². The largest absolute Gasteiger partial charge is 0.221 e. The summed E-state index contributed by atoms with van der Waals surface area (Å²) in [6.07, 6.45) is 5.40. The van der Waals surface area contributed by atoms with E-state index < -0.39 is 0 Å². The summed E-state index contributed by atoms with van der Waals surface area (Å²) < 4.78 is 1.80. The van der Waals surface area contributed by atoms with Crippen LogP contribution in [0.3, 0.4) is 0 Å². The summed E-state index contributed by atoms with van der Waals surface area (Å²) in [4.78, 5) is 4.12. The quantitative estimate of drug-likeness (QED) is 0.785. The SMILES string of the molecule is CCCCc1ccc(-n2cnc(C)n2)cc1. The van der Waals surface area contributed by atoms with Crippen LogP contribution >= 0.6 is 0 Å². The average molecular weight is 215 g/mol. The van der Waals surface area contributed by atoms with E-state index in [1.165, 1.54) is 18.4 Å². The Balaban J connectivity index is 2.13. The zero-order chi connectivity index (χ0) is 11.4. The van der Waals surface area contributed by atoms with E-state index in [2.05, 4.69) is 41.3 Å². The molecule has 1 aromatic heterocycles. The molecular weight excluding hydrogens is 198 g/mol. The molecule has 3 nitrogen and oxygen atoms in total. The minimum Gasteiger partial charge on any atom is -0.221 e. The normalized spacial score (nSPS) is 10.6. The molecule has 1 heterocycles. The Kier molecular flexibility index (Phi) is 3.34. The lowest BCUT2D eigenvalue weighted by atomic mass is 10.1. The highest BCUT2D eigenvalue weighted by atomic mass is 15.3. The molecule has 3 heteroatoms. The zero-order valence-corrected chi connectivity index (χ0v) is 9.85. The fourth-order valence-electron chi connectivity index (χ4n) is 1.67. The van der Waals surface area contributed by atoms with E-state index in [1.807, 2.05) is 6.92 Å². The third-order valence-corrected chi connectivity index (χ3v) is 2.63. The van der Waals surface area contributed by atoms with Gasteiger partial charge >= 0.3 is 0 Å². The van der Waals surface area contributed by atoms with Gasteiger partial charge in [0.1, 0.15) is 12.2 Å². The lowest BCUT2D eigenvalue weighted by molar-refractivity contribution is 0.793. The molecule has 0 fully saturated rings. The van der Waals surface area contributed by atoms with Gasteiger partial charge in [-0.25, -0.2) is 9.67 Å². The van der Waals surface area contributed by atoms with Crippen molar-refractivity contribution in [1.82, 2.24) is 14.8 Å². The molecule has 2 aromatic rings. The van der Waals surface area contributed by atoms with Crippen LogP contribution in [0.5, 0.6) is 0 Å². The van der Waals surface area contributed by atoms with Gasteiger partial charge in [0.05, 0.1) is 5.69 Å².